The average molecular weight is 391 g/mol. The van der Waals surface area contributed by atoms with Gasteiger partial charge in [-0.3, -0.25) is 4.79 Å². The number of carbonyl (C=O) groups excluding carboxylic acids is 1. The molecule has 2 aliphatic rings. The largest absolute Gasteiger partial charge is 0.508 e. The third-order valence-electron chi connectivity index (χ3n) is 6.47. The van der Waals surface area contributed by atoms with E-state index in [2.05, 4.69) is 29.6 Å². The van der Waals surface area contributed by atoms with Crippen molar-refractivity contribution < 1.29 is 9.90 Å². The Morgan fingerprint density at radius 1 is 1.07 bits per heavy atom. The summed E-state index contributed by atoms with van der Waals surface area (Å²) in [5.74, 6) is 0.372. The molecule has 1 amide bonds. The number of nitrogens with one attached hydrogen (secondary N) is 1. The van der Waals surface area contributed by atoms with E-state index in [-0.39, 0.29) is 11.3 Å². The van der Waals surface area contributed by atoms with Gasteiger partial charge in [0.05, 0.1) is 0 Å². The molecule has 4 heteroatoms. The number of allylic oxidation sites excluding steroid dienone is 1. The molecule has 2 aromatic carbocycles. The molecule has 1 aliphatic carbocycles. The van der Waals surface area contributed by atoms with Crippen LogP contribution in [-0.4, -0.2) is 42.1 Å². The molecule has 0 aromatic heterocycles. The van der Waals surface area contributed by atoms with Gasteiger partial charge in [-0.05, 0) is 98.1 Å². The molecule has 29 heavy (non-hydrogen) atoms. The highest BCUT2D eigenvalue weighted by molar-refractivity contribution is 5.95. The Labute approximate surface area is 173 Å². The van der Waals surface area contributed by atoms with Crippen LogP contribution in [0.25, 0.3) is 5.57 Å². The molecule has 0 saturated carbocycles. The van der Waals surface area contributed by atoms with Crippen LogP contribution in [0.2, 0.25) is 0 Å². The van der Waals surface area contributed by atoms with E-state index in [9.17, 15) is 9.90 Å². The summed E-state index contributed by atoms with van der Waals surface area (Å²) in [6.07, 6.45) is 5.69. The number of piperidine rings is 1. The smallest absolute Gasteiger partial charge is 0.253 e. The second-order valence-corrected chi connectivity index (χ2v) is 8.24. The van der Waals surface area contributed by atoms with Crippen molar-refractivity contribution in [2.45, 2.75) is 33.1 Å². The molecule has 152 valence electrons. The Bertz CT molecular complexity index is 920. The first-order valence-corrected chi connectivity index (χ1v) is 10.7. The van der Waals surface area contributed by atoms with Crippen molar-refractivity contribution in [3.63, 3.8) is 0 Å². The van der Waals surface area contributed by atoms with Gasteiger partial charge >= 0.3 is 0 Å². The number of amides is 1. The van der Waals surface area contributed by atoms with E-state index >= 15 is 0 Å². The van der Waals surface area contributed by atoms with Gasteiger partial charge in [-0.15, -0.1) is 0 Å². The summed E-state index contributed by atoms with van der Waals surface area (Å²) in [6, 6.07) is 13.7. The lowest BCUT2D eigenvalue weighted by Gasteiger charge is -2.40. The minimum Gasteiger partial charge on any atom is -0.508 e. The second kappa shape index (κ2) is 8.03. The van der Waals surface area contributed by atoms with Gasteiger partial charge in [0.2, 0.25) is 0 Å². The van der Waals surface area contributed by atoms with E-state index in [0.29, 0.717) is 18.8 Å². The fourth-order valence-corrected chi connectivity index (χ4v) is 4.75. The molecular formula is C25H30N2O2. The van der Waals surface area contributed by atoms with E-state index in [1.54, 1.807) is 6.07 Å². The fourth-order valence-electron chi connectivity index (χ4n) is 4.75. The van der Waals surface area contributed by atoms with Crippen LogP contribution in [0.3, 0.4) is 0 Å². The summed E-state index contributed by atoms with van der Waals surface area (Å²) >= 11 is 0. The van der Waals surface area contributed by atoms with Crippen LogP contribution in [-0.2, 0) is 6.42 Å². The van der Waals surface area contributed by atoms with Gasteiger partial charge in [0, 0.05) is 18.7 Å². The van der Waals surface area contributed by atoms with E-state index in [4.69, 9.17) is 0 Å². The number of hydrogen-bond donors (Lipinski definition) is 2. The van der Waals surface area contributed by atoms with Gasteiger partial charge in [-0.2, -0.15) is 0 Å². The Morgan fingerprint density at radius 3 is 2.41 bits per heavy atom. The molecule has 1 aliphatic heterocycles. The summed E-state index contributed by atoms with van der Waals surface area (Å²) in [4.78, 5) is 14.5. The van der Waals surface area contributed by atoms with Gasteiger partial charge in [0.1, 0.15) is 5.75 Å². The van der Waals surface area contributed by atoms with E-state index < -0.39 is 0 Å². The Hall–Kier alpha value is -2.59. The summed E-state index contributed by atoms with van der Waals surface area (Å²) in [5.41, 5.74) is 5.57. The number of aromatic hydroxyl groups is 1. The summed E-state index contributed by atoms with van der Waals surface area (Å²) in [7, 11) is 0. The molecule has 4 rings (SSSR count). The minimum absolute atomic E-state index is 0.0760. The highest BCUT2D eigenvalue weighted by atomic mass is 16.3. The summed E-state index contributed by atoms with van der Waals surface area (Å²) in [5, 5.41) is 13.6. The van der Waals surface area contributed by atoms with Crippen LogP contribution in [0.15, 0.2) is 48.5 Å². The second-order valence-electron chi connectivity index (χ2n) is 8.24. The first-order chi connectivity index (χ1) is 14.0. The number of phenols is 1. The molecule has 1 heterocycles. The van der Waals surface area contributed by atoms with Gasteiger partial charge in [0.25, 0.3) is 5.91 Å². The maximum Gasteiger partial charge on any atom is 0.253 e. The quantitative estimate of drug-likeness (QED) is 0.821. The molecule has 2 N–H and O–H groups in total. The number of benzene rings is 2. The minimum atomic E-state index is 0.0760. The predicted octanol–water partition coefficient (Wildman–Crippen LogP) is 4.23. The number of hydrogen-bond acceptors (Lipinski definition) is 3. The van der Waals surface area contributed by atoms with Crippen LogP contribution in [0.5, 0.6) is 5.75 Å². The number of nitrogens with zero attached hydrogens (tertiary/aromatic N) is 1. The maximum absolute atomic E-state index is 12.7. The third-order valence-corrected chi connectivity index (χ3v) is 6.47. The normalized spacial score (nSPS) is 17.5. The van der Waals surface area contributed by atoms with Crippen molar-refractivity contribution in [1.29, 1.82) is 0 Å². The van der Waals surface area contributed by atoms with Crippen LogP contribution >= 0.6 is 0 Å². The van der Waals surface area contributed by atoms with Gasteiger partial charge in [0.15, 0.2) is 0 Å². The van der Waals surface area contributed by atoms with Crippen molar-refractivity contribution in [3.8, 4) is 5.75 Å². The van der Waals surface area contributed by atoms with Crippen LogP contribution < -0.4 is 5.32 Å². The van der Waals surface area contributed by atoms with Gasteiger partial charge in [-0.1, -0.05) is 24.3 Å². The molecule has 0 radical (unpaired) electrons. The molecule has 0 bridgehead atoms. The predicted molar refractivity (Wildman–Crippen MR) is 117 cm³/mol. The Kier molecular flexibility index (Phi) is 5.46. The first kappa shape index (κ1) is 19.7. The zero-order valence-electron chi connectivity index (χ0n) is 17.4. The summed E-state index contributed by atoms with van der Waals surface area (Å²) in [6.45, 7) is 7.51. The number of phenolic OH excluding ortho intramolecular Hbond substituents is 1. The molecule has 4 nitrogen and oxygen atoms in total. The van der Waals surface area contributed by atoms with Gasteiger partial charge in [-0.25, -0.2) is 0 Å². The van der Waals surface area contributed by atoms with Crippen LogP contribution in [0.4, 0.5) is 0 Å². The molecule has 1 fully saturated rings. The monoisotopic (exact) mass is 390 g/mol. The van der Waals surface area contributed by atoms with Crippen molar-refractivity contribution in [2.24, 2.45) is 5.41 Å². The highest BCUT2D eigenvalue weighted by Gasteiger charge is 2.35. The van der Waals surface area contributed by atoms with E-state index in [1.807, 2.05) is 36.9 Å². The number of rotatable bonds is 4. The third kappa shape index (κ3) is 3.82. The average Bonchev–Trinajstić information content (AvgIpc) is 2.75. The molecule has 2 aromatic rings. The number of fused-ring (bicyclic) bond motifs is 1. The molecule has 1 spiro atoms. The summed E-state index contributed by atoms with van der Waals surface area (Å²) < 4.78 is 0. The lowest BCUT2D eigenvalue weighted by molar-refractivity contribution is 0.0773. The lowest BCUT2D eigenvalue weighted by Crippen LogP contribution is -2.38. The molecular weight excluding hydrogens is 360 g/mol. The molecule has 0 atom stereocenters. The molecule has 1 saturated heterocycles. The zero-order valence-corrected chi connectivity index (χ0v) is 17.4. The van der Waals surface area contributed by atoms with Crippen LogP contribution in [0, 0.1) is 5.41 Å². The zero-order chi connectivity index (χ0) is 20.4. The highest BCUT2D eigenvalue weighted by Crippen LogP contribution is 2.45. The fraction of sp³-hybridized carbons (Fsp3) is 0.400. The molecule has 0 unspecified atom stereocenters. The van der Waals surface area contributed by atoms with E-state index in [0.717, 1.165) is 49.0 Å². The maximum atomic E-state index is 12.7. The standard InChI is InChI=1S/C25H30N2O2/c1-3-27(4-2)24(29)19-7-5-18(6-8-19)23-17-25(11-13-26-14-12-25)16-20-9-10-21(28)15-22(20)23/h5-10,15,17,26,28H,3-4,11-14,16H2,1-2H3. The van der Waals surface area contributed by atoms with Crippen molar-refractivity contribution in [1.82, 2.24) is 10.2 Å². The van der Waals surface area contributed by atoms with Gasteiger partial charge < -0.3 is 15.3 Å². The SMILES string of the molecule is CCN(CC)C(=O)c1ccc(C2=CC3(CCNCC3)Cc3ccc(O)cc32)cc1. The van der Waals surface area contributed by atoms with Crippen molar-refractivity contribution in [2.75, 3.05) is 26.2 Å². The lowest BCUT2D eigenvalue weighted by atomic mass is 9.67. The number of carbonyl (C=O) groups is 1. The van der Waals surface area contributed by atoms with Crippen molar-refractivity contribution in [3.05, 3.63) is 70.8 Å². The Morgan fingerprint density at radius 2 is 1.76 bits per heavy atom. The Balaban J connectivity index is 1.73. The van der Waals surface area contributed by atoms with E-state index in [1.165, 1.54) is 11.1 Å². The topological polar surface area (TPSA) is 52.6 Å². The van der Waals surface area contributed by atoms with Crippen molar-refractivity contribution >= 4 is 11.5 Å². The first-order valence-electron chi connectivity index (χ1n) is 10.7. The van der Waals surface area contributed by atoms with Crippen LogP contribution in [0.1, 0.15) is 53.7 Å².